The summed E-state index contributed by atoms with van der Waals surface area (Å²) in [5.41, 5.74) is 1.13. The highest BCUT2D eigenvalue weighted by Gasteiger charge is 2.25. The quantitative estimate of drug-likeness (QED) is 0.356. The Kier molecular flexibility index (Phi) is 8.92. The van der Waals surface area contributed by atoms with Crippen LogP contribution in [-0.2, 0) is 6.42 Å². The number of hydrogen-bond acceptors (Lipinski definition) is 3. The molecule has 2 N–H and O–H groups in total. The number of anilines is 1. The largest absolute Gasteiger partial charge is 0.356 e. The summed E-state index contributed by atoms with van der Waals surface area (Å²) in [4.78, 5) is 10.9. The summed E-state index contributed by atoms with van der Waals surface area (Å²) in [7, 11) is 1.78. The monoisotopic (exact) mass is 519 g/mol. The zero-order valence-electron chi connectivity index (χ0n) is 15.2. The lowest BCUT2D eigenvalue weighted by Gasteiger charge is -2.20. The third-order valence-electron chi connectivity index (χ3n) is 4.44. The summed E-state index contributed by atoms with van der Waals surface area (Å²) in [5.74, 6) is 1.65. The van der Waals surface area contributed by atoms with Crippen LogP contribution in [0.15, 0.2) is 47.6 Å². The molecule has 0 spiro atoms. The van der Waals surface area contributed by atoms with Crippen molar-refractivity contribution >= 4 is 59.0 Å². The van der Waals surface area contributed by atoms with E-state index in [1.54, 1.807) is 13.2 Å². The lowest BCUT2D eigenvalue weighted by molar-refractivity contribution is 0.648. The van der Waals surface area contributed by atoms with Gasteiger partial charge in [0.2, 0.25) is 0 Å². The fourth-order valence-electron chi connectivity index (χ4n) is 3.09. The van der Waals surface area contributed by atoms with E-state index in [1.807, 2.05) is 36.4 Å². The molecule has 146 valence electrons. The van der Waals surface area contributed by atoms with Gasteiger partial charge < -0.3 is 15.5 Å². The van der Waals surface area contributed by atoms with E-state index in [1.165, 1.54) is 0 Å². The van der Waals surface area contributed by atoms with Crippen LogP contribution in [-0.4, -0.2) is 43.7 Å². The second kappa shape index (κ2) is 10.9. The van der Waals surface area contributed by atoms with Crippen molar-refractivity contribution in [1.82, 2.24) is 15.6 Å². The number of aromatic nitrogens is 1. The summed E-state index contributed by atoms with van der Waals surface area (Å²) in [5, 5.41) is 8.33. The first kappa shape index (κ1) is 22.0. The van der Waals surface area contributed by atoms with E-state index < -0.39 is 0 Å². The molecular formula is C19H24Cl2IN5. The van der Waals surface area contributed by atoms with Crippen LogP contribution >= 0.6 is 47.2 Å². The normalized spacial score (nSPS) is 16.8. The lowest BCUT2D eigenvalue weighted by Crippen LogP contribution is -2.45. The van der Waals surface area contributed by atoms with Crippen LogP contribution in [0.5, 0.6) is 0 Å². The Balaban J connectivity index is 0.00000261. The second-order valence-corrected chi connectivity index (χ2v) is 7.04. The van der Waals surface area contributed by atoms with E-state index >= 15 is 0 Å². The fourth-order valence-corrected chi connectivity index (χ4v) is 3.56. The van der Waals surface area contributed by atoms with Gasteiger partial charge in [-0.05, 0) is 36.6 Å². The Labute approximate surface area is 187 Å². The third-order valence-corrected chi connectivity index (χ3v) is 5.10. The lowest BCUT2D eigenvalue weighted by atomic mass is 10.1. The van der Waals surface area contributed by atoms with Crippen LogP contribution in [0.2, 0.25) is 10.0 Å². The molecule has 1 atom stereocenters. The molecule has 1 aromatic carbocycles. The van der Waals surface area contributed by atoms with Crippen LogP contribution < -0.4 is 15.5 Å². The molecule has 0 radical (unpaired) electrons. The van der Waals surface area contributed by atoms with Gasteiger partial charge in [-0.3, -0.25) is 4.99 Å². The number of nitrogens with one attached hydrogen (secondary N) is 2. The molecule has 1 aliphatic heterocycles. The number of benzene rings is 1. The van der Waals surface area contributed by atoms with Crippen LogP contribution in [0.25, 0.3) is 0 Å². The SMILES string of the molecule is CN=C(NCCc1ccccc1Cl)NC1CCN(c2ncccc2Cl)C1.I. The Morgan fingerprint density at radius 3 is 2.74 bits per heavy atom. The van der Waals surface area contributed by atoms with Gasteiger partial charge in [0.1, 0.15) is 5.82 Å². The summed E-state index contributed by atoms with van der Waals surface area (Å²) >= 11 is 12.5. The number of guanidine groups is 1. The van der Waals surface area contributed by atoms with Crippen molar-refractivity contribution in [2.45, 2.75) is 18.9 Å². The van der Waals surface area contributed by atoms with E-state index in [0.717, 1.165) is 54.8 Å². The number of rotatable bonds is 5. The van der Waals surface area contributed by atoms with Crippen LogP contribution in [0, 0.1) is 0 Å². The molecule has 3 rings (SSSR count). The zero-order chi connectivity index (χ0) is 18.4. The van der Waals surface area contributed by atoms with Gasteiger partial charge in [-0.15, -0.1) is 24.0 Å². The van der Waals surface area contributed by atoms with Crippen molar-refractivity contribution in [2.75, 3.05) is 31.6 Å². The molecule has 2 aromatic rings. The zero-order valence-corrected chi connectivity index (χ0v) is 19.0. The first-order valence-corrected chi connectivity index (χ1v) is 9.49. The molecule has 1 unspecified atom stereocenters. The topological polar surface area (TPSA) is 52.6 Å². The molecule has 27 heavy (non-hydrogen) atoms. The number of hydrogen-bond donors (Lipinski definition) is 2. The highest BCUT2D eigenvalue weighted by molar-refractivity contribution is 14.0. The van der Waals surface area contributed by atoms with Crippen molar-refractivity contribution in [3.63, 3.8) is 0 Å². The molecule has 5 nitrogen and oxygen atoms in total. The molecule has 1 saturated heterocycles. The van der Waals surface area contributed by atoms with Crippen molar-refractivity contribution in [2.24, 2.45) is 4.99 Å². The van der Waals surface area contributed by atoms with E-state index in [0.29, 0.717) is 11.1 Å². The number of aliphatic imine (C=N–C) groups is 1. The van der Waals surface area contributed by atoms with E-state index in [4.69, 9.17) is 23.2 Å². The third kappa shape index (κ3) is 6.12. The van der Waals surface area contributed by atoms with Crippen molar-refractivity contribution in [3.8, 4) is 0 Å². The van der Waals surface area contributed by atoms with Crippen LogP contribution in [0.4, 0.5) is 5.82 Å². The van der Waals surface area contributed by atoms with Crippen LogP contribution in [0.3, 0.4) is 0 Å². The van der Waals surface area contributed by atoms with Crippen LogP contribution in [0.1, 0.15) is 12.0 Å². The second-order valence-electron chi connectivity index (χ2n) is 6.23. The van der Waals surface area contributed by atoms with Gasteiger partial charge in [-0.2, -0.15) is 0 Å². The maximum absolute atomic E-state index is 6.25. The van der Waals surface area contributed by atoms with E-state index in [2.05, 4.69) is 25.5 Å². The van der Waals surface area contributed by atoms with Gasteiger partial charge >= 0.3 is 0 Å². The van der Waals surface area contributed by atoms with Crippen molar-refractivity contribution in [3.05, 3.63) is 58.2 Å². The Hall–Kier alpha value is -1.25. The van der Waals surface area contributed by atoms with Crippen molar-refractivity contribution in [1.29, 1.82) is 0 Å². The minimum absolute atomic E-state index is 0. The van der Waals surface area contributed by atoms with Crippen molar-refractivity contribution < 1.29 is 0 Å². The molecule has 0 aliphatic carbocycles. The molecule has 8 heteroatoms. The summed E-state index contributed by atoms with van der Waals surface area (Å²) in [6.45, 7) is 2.54. The smallest absolute Gasteiger partial charge is 0.191 e. The summed E-state index contributed by atoms with van der Waals surface area (Å²) in [6, 6.07) is 11.9. The maximum atomic E-state index is 6.25. The Morgan fingerprint density at radius 1 is 1.22 bits per heavy atom. The van der Waals surface area contributed by atoms with Gasteiger partial charge in [-0.1, -0.05) is 41.4 Å². The minimum Gasteiger partial charge on any atom is -0.356 e. The molecule has 2 heterocycles. The number of nitrogens with zero attached hydrogens (tertiary/aromatic N) is 3. The van der Waals surface area contributed by atoms with Gasteiger partial charge in [0.15, 0.2) is 5.96 Å². The molecule has 1 aromatic heterocycles. The summed E-state index contributed by atoms with van der Waals surface area (Å²) in [6.07, 6.45) is 3.63. The summed E-state index contributed by atoms with van der Waals surface area (Å²) < 4.78 is 0. The molecular weight excluding hydrogens is 496 g/mol. The minimum atomic E-state index is 0. The average molecular weight is 520 g/mol. The van der Waals surface area contributed by atoms with Gasteiger partial charge in [0.05, 0.1) is 5.02 Å². The molecule has 1 fully saturated rings. The number of halogens is 3. The Morgan fingerprint density at radius 2 is 2.00 bits per heavy atom. The van der Waals surface area contributed by atoms with Gasteiger partial charge in [-0.25, -0.2) is 4.98 Å². The molecule has 0 bridgehead atoms. The van der Waals surface area contributed by atoms with Gasteiger partial charge in [0.25, 0.3) is 0 Å². The Bertz CT molecular complexity index is 771. The first-order chi connectivity index (χ1) is 12.7. The maximum Gasteiger partial charge on any atom is 0.191 e. The molecule has 0 saturated carbocycles. The molecule has 1 aliphatic rings. The highest BCUT2D eigenvalue weighted by Crippen LogP contribution is 2.25. The van der Waals surface area contributed by atoms with E-state index in [-0.39, 0.29) is 24.0 Å². The molecule has 0 amide bonds. The van der Waals surface area contributed by atoms with E-state index in [9.17, 15) is 0 Å². The number of pyridine rings is 1. The average Bonchev–Trinajstić information content (AvgIpc) is 3.11. The standard InChI is InChI=1S/C19H23Cl2N5.HI/c1-22-19(24-11-8-14-5-2-3-6-16(14)20)25-15-9-12-26(13-15)18-17(21)7-4-10-23-18;/h2-7,10,15H,8-9,11-13H2,1H3,(H2,22,24,25);1H. The predicted molar refractivity (Wildman–Crippen MR) is 125 cm³/mol. The fraction of sp³-hybridized carbons (Fsp3) is 0.368. The first-order valence-electron chi connectivity index (χ1n) is 8.73. The highest BCUT2D eigenvalue weighted by atomic mass is 127. The van der Waals surface area contributed by atoms with Gasteiger partial charge in [0, 0.05) is 43.9 Å². The predicted octanol–water partition coefficient (Wildman–Crippen LogP) is 3.99.